The molecule has 15 heteroatoms. The van der Waals surface area contributed by atoms with Crippen LogP contribution in [0.5, 0.6) is 11.5 Å². The lowest BCUT2D eigenvalue weighted by atomic mass is 9.82. The maximum absolute atomic E-state index is 14.2. The molecule has 10 nitrogen and oxygen atoms in total. The summed E-state index contributed by atoms with van der Waals surface area (Å²) in [7, 11) is 1.58. The van der Waals surface area contributed by atoms with Crippen LogP contribution in [0, 0.1) is 24.6 Å². The van der Waals surface area contributed by atoms with E-state index < -0.39 is 59.2 Å². The Hall–Kier alpha value is -5.31. The fourth-order valence-electron chi connectivity index (χ4n) is 7.50. The Morgan fingerprint density at radius 3 is 2.56 bits per heavy atom. The molecule has 0 unspecified atom stereocenters. The minimum Gasteiger partial charge on any atom is -0.496 e. The van der Waals surface area contributed by atoms with Gasteiger partial charge >= 0.3 is 12.1 Å². The molecule has 2 aliphatic rings. The highest BCUT2D eigenvalue weighted by molar-refractivity contribution is 7.13. The third-order valence-electron chi connectivity index (χ3n) is 10.8. The van der Waals surface area contributed by atoms with Crippen molar-refractivity contribution in [2.45, 2.75) is 96.4 Å². The molecule has 4 atom stereocenters. The van der Waals surface area contributed by atoms with E-state index in [4.69, 9.17) is 19.4 Å². The van der Waals surface area contributed by atoms with Gasteiger partial charge in [-0.25, -0.2) is 14.4 Å². The number of nitrogens with zero attached hydrogens (tertiary/aromatic N) is 2. The standard InChI is InChI=1S/C44H48F4N4O6S/c1-24(2)36-23-59-42(52-36)35-21-39(31-13-15-38(57-4)25(3)40(31)51-35)58-30-17-26-16-28(19-30)41(54)49-22-27(43(55)56)10-8-6-5-7-9-11-34(37(53)18-26)50-29-12-14-33(45)32(20-29)44(46,47)48/h8,10,12-15,18,20-21,23-24,27-28,30,34,50H,5-7,9,11,16-17,19,22H2,1-4H3,(H,49,54)(H,55,56)/b10-8-,26-18-/t27-,28+,30+,34+/m1/s1. The molecule has 6 rings (SSSR count). The third kappa shape index (κ3) is 10.7. The van der Waals surface area contributed by atoms with Gasteiger partial charge in [0.2, 0.25) is 5.91 Å². The van der Waals surface area contributed by atoms with Gasteiger partial charge in [-0.1, -0.05) is 44.4 Å². The highest BCUT2D eigenvalue weighted by Gasteiger charge is 2.36. The second kappa shape index (κ2) is 18.7. The molecule has 1 fully saturated rings. The van der Waals surface area contributed by atoms with Crippen LogP contribution in [0.15, 0.2) is 65.6 Å². The molecule has 4 aromatic rings. The number of carboxylic acid groups (broad SMARTS) is 1. The number of ketones is 1. The first-order valence-electron chi connectivity index (χ1n) is 19.8. The number of alkyl halides is 3. The summed E-state index contributed by atoms with van der Waals surface area (Å²) in [5, 5.41) is 19.0. The molecule has 1 amide bonds. The topological polar surface area (TPSA) is 140 Å². The van der Waals surface area contributed by atoms with Gasteiger partial charge in [-0.2, -0.15) is 13.2 Å². The van der Waals surface area contributed by atoms with E-state index in [1.807, 2.05) is 30.5 Å². The number of methoxy groups -OCH3 is 1. The molecule has 3 heterocycles. The Balaban J connectivity index is 1.37. The molecule has 0 saturated heterocycles. The molecule has 1 saturated carbocycles. The van der Waals surface area contributed by atoms with Gasteiger partial charge in [0.25, 0.3) is 0 Å². The third-order valence-corrected chi connectivity index (χ3v) is 11.6. The summed E-state index contributed by atoms with van der Waals surface area (Å²) < 4.78 is 67.4. The number of benzene rings is 2. The number of aryl methyl sites for hydroxylation is 1. The van der Waals surface area contributed by atoms with Gasteiger partial charge in [-0.05, 0) is 81.4 Å². The number of rotatable bonds is 8. The zero-order valence-corrected chi connectivity index (χ0v) is 34.1. The predicted molar refractivity (Wildman–Crippen MR) is 218 cm³/mol. The number of hydrogen-bond acceptors (Lipinski definition) is 9. The quantitative estimate of drug-likeness (QED) is 0.117. The smallest absolute Gasteiger partial charge is 0.419 e. The van der Waals surface area contributed by atoms with E-state index >= 15 is 0 Å². The molecule has 2 aromatic heterocycles. The number of carboxylic acids is 1. The number of allylic oxidation sites excluding steroid dienone is 1. The second-order valence-corrected chi connectivity index (χ2v) is 16.3. The van der Waals surface area contributed by atoms with Gasteiger partial charge in [0.05, 0.1) is 35.8 Å². The number of amides is 1. The number of halogens is 4. The molecule has 1 aliphatic carbocycles. The lowest BCUT2D eigenvalue weighted by molar-refractivity contribution is -0.141. The van der Waals surface area contributed by atoms with Crippen molar-refractivity contribution in [1.82, 2.24) is 15.3 Å². The number of thiazole rings is 1. The van der Waals surface area contributed by atoms with Gasteiger partial charge in [0.1, 0.15) is 34.1 Å². The molecule has 2 aromatic carbocycles. The van der Waals surface area contributed by atoms with Crippen molar-refractivity contribution in [3.63, 3.8) is 0 Å². The minimum absolute atomic E-state index is 0.0563. The van der Waals surface area contributed by atoms with E-state index in [0.717, 1.165) is 17.3 Å². The van der Waals surface area contributed by atoms with Crippen molar-refractivity contribution >= 4 is 45.6 Å². The van der Waals surface area contributed by atoms with Crippen molar-refractivity contribution in [2.24, 2.45) is 11.8 Å². The fourth-order valence-corrected chi connectivity index (χ4v) is 8.44. The van der Waals surface area contributed by atoms with Crippen LogP contribution in [-0.4, -0.2) is 58.5 Å². The molecule has 2 bridgehead atoms. The number of aromatic nitrogens is 2. The highest BCUT2D eigenvalue weighted by Crippen LogP contribution is 2.40. The molecule has 0 radical (unpaired) electrons. The number of hydrogen-bond donors (Lipinski definition) is 3. The van der Waals surface area contributed by atoms with E-state index in [0.29, 0.717) is 70.4 Å². The Labute approximate surface area is 344 Å². The summed E-state index contributed by atoms with van der Waals surface area (Å²) in [6, 6.07) is 7.09. The summed E-state index contributed by atoms with van der Waals surface area (Å²) in [5.41, 5.74) is 2.03. The van der Waals surface area contributed by atoms with Crippen LogP contribution in [0.4, 0.5) is 23.2 Å². The molecule has 3 N–H and O–H groups in total. The summed E-state index contributed by atoms with van der Waals surface area (Å²) in [6.45, 7) is 5.89. The van der Waals surface area contributed by atoms with Crippen LogP contribution >= 0.6 is 11.3 Å². The SMILES string of the molecule is COc1ccc2c(O[C@H]3C/C4=C\C(=O)[C@@H](Nc5ccc(F)c(C(F)(F)F)c5)CCCCC/C=C\[C@@H](C(=O)O)CNC(=O)[C@@H](C4)C3)cc(-c3nc(C(C)C)cs3)nc2c1C. The first-order chi connectivity index (χ1) is 28.1. The number of aliphatic carboxylic acids is 1. The number of ether oxygens (including phenoxy) is 2. The normalized spacial score (nSPS) is 22.6. The lowest BCUT2D eigenvalue weighted by Crippen LogP contribution is -2.40. The van der Waals surface area contributed by atoms with Crippen LogP contribution in [-0.2, 0) is 20.6 Å². The predicted octanol–water partition coefficient (Wildman–Crippen LogP) is 9.82. The largest absolute Gasteiger partial charge is 0.496 e. The summed E-state index contributed by atoms with van der Waals surface area (Å²) >= 11 is 1.46. The number of carbonyl (C=O) groups is 3. The second-order valence-electron chi connectivity index (χ2n) is 15.5. The lowest BCUT2D eigenvalue weighted by Gasteiger charge is -2.32. The number of pyridine rings is 1. The van der Waals surface area contributed by atoms with Crippen LogP contribution < -0.4 is 20.1 Å². The van der Waals surface area contributed by atoms with E-state index in [1.54, 1.807) is 19.3 Å². The number of nitrogens with one attached hydrogen (secondary N) is 2. The summed E-state index contributed by atoms with van der Waals surface area (Å²) in [6.07, 6.45) is 2.54. The Morgan fingerprint density at radius 1 is 1.05 bits per heavy atom. The maximum atomic E-state index is 14.2. The molecular formula is C44H48F4N4O6S. The van der Waals surface area contributed by atoms with Crippen molar-refractivity contribution < 1.29 is 46.5 Å². The molecule has 59 heavy (non-hydrogen) atoms. The van der Waals surface area contributed by atoms with Crippen LogP contribution in [0.25, 0.3) is 21.6 Å². The minimum atomic E-state index is -4.93. The van der Waals surface area contributed by atoms with Crippen molar-refractivity contribution in [3.8, 4) is 22.2 Å². The van der Waals surface area contributed by atoms with E-state index in [9.17, 15) is 37.1 Å². The Bertz CT molecular complexity index is 2250. The van der Waals surface area contributed by atoms with Crippen LogP contribution in [0.3, 0.4) is 0 Å². The van der Waals surface area contributed by atoms with Crippen molar-refractivity contribution in [1.29, 1.82) is 0 Å². The monoisotopic (exact) mass is 836 g/mol. The first-order valence-corrected chi connectivity index (χ1v) is 20.6. The zero-order valence-electron chi connectivity index (χ0n) is 33.3. The van der Waals surface area contributed by atoms with Crippen molar-refractivity contribution in [3.05, 3.63) is 88.2 Å². The average molecular weight is 837 g/mol. The average Bonchev–Trinajstić information content (AvgIpc) is 3.69. The maximum Gasteiger partial charge on any atom is 0.419 e. The first kappa shape index (κ1) is 43.3. The van der Waals surface area contributed by atoms with Gasteiger partial charge in [0, 0.05) is 47.0 Å². The molecular weight excluding hydrogens is 789 g/mol. The highest BCUT2D eigenvalue weighted by atomic mass is 32.1. The van der Waals surface area contributed by atoms with E-state index in [2.05, 4.69) is 24.5 Å². The fraction of sp³-hybridized carbons (Fsp3) is 0.432. The molecule has 1 aliphatic heterocycles. The van der Waals surface area contributed by atoms with E-state index in [-0.39, 0.29) is 43.8 Å². The Morgan fingerprint density at radius 2 is 1.85 bits per heavy atom. The van der Waals surface area contributed by atoms with Gasteiger partial charge < -0.3 is 25.2 Å². The number of fused-ring (bicyclic) bond motifs is 3. The van der Waals surface area contributed by atoms with E-state index in [1.165, 1.54) is 23.5 Å². The van der Waals surface area contributed by atoms with Crippen molar-refractivity contribution in [2.75, 3.05) is 19.0 Å². The van der Waals surface area contributed by atoms with Gasteiger partial charge in [-0.3, -0.25) is 14.4 Å². The Kier molecular flexibility index (Phi) is 13.7. The van der Waals surface area contributed by atoms with Gasteiger partial charge in [-0.15, -0.1) is 11.3 Å². The summed E-state index contributed by atoms with van der Waals surface area (Å²) in [4.78, 5) is 49.8. The number of anilines is 1. The van der Waals surface area contributed by atoms with Crippen LogP contribution in [0.2, 0.25) is 0 Å². The molecule has 314 valence electrons. The molecule has 0 spiro atoms. The van der Waals surface area contributed by atoms with Gasteiger partial charge in [0.15, 0.2) is 5.78 Å². The number of carbonyl (C=O) groups excluding carboxylic acids is 2. The zero-order chi connectivity index (χ0) is 42.4. The summed E-state index contributed by atoms with van der Waals surface area (Å²) in [5.74, 6) is -3.63. The van der Waals surface area contributed by atoms with Crippen LogP contribution in [0.1, 0.15) is 88.0 Å².